The second kappa shape index (κ2) is 10.3. The SMILES string of the molecule is Br.CN(C)C(=O)C(CCN1CCCC12CCCCC2)(c1ccccc1)c1ccccc1. The van der Waals surface area contributed by atoms with Crippen LogP contribution in [0.5, 0.6) is 0 Å². The van der Waals surface area contributed by atoms with Crippen LogP contribution in [0.15, 0.2) is 60.7 Å². The first kappa shape index (κ1) is 24.0. The van der Waals surface area contributed by atoms with Crippen molar-refractivity contribution in [2.45, 2.75) is 62.3 Å². The summed E-state index contributed by atoms with van der Waals surface area (Å²) in [6.07, 6.45) is 10.2. The monoisotopic (exact) mass is 484 g/mol. The number of likely N-dealkylation sites (tertiary alicyclic amines) is 1. The first-order chi connectivity index (χ1) is 14.6. The maximum absolute atomic E-state index is 13.8. The highest BCUT2D eigenvalue weighted by atomic mass is 79.9. The van der Waals surface area contributed by atoms with E-state index in [-0.39, 0.29) is 22.9 Å². The third kappa shape index (κ3) is 4.61. The van der Waals surface area contributed by atoms with Crippen LogP contribution in [0.1, 0.15) is 62.5 Å². The molecule has 0 atom stereocenters. The minimum absolute atomic E-state index is 0. The van der Waals surface area contributed by atoms with Crippen molar-refractivity contribution in [1.82, 2.24) is 9.80 Å². The summed E-state index contributed by atoms with van der Waals surface area (Å²) in [5.74, 6) is 0.178. The Hall–Kier alpha value is -1.65. The minimum atomic E-state index is -0.648. The van der Waals surface area contributed by atoms with Gasteiger partial charge < -0.3 is 4.90 Å². The highest BCUT2D eigenvalue weighted by molar-refractivity contribution is 8.93. The van der Waals surface area contributed by atoms with E-state index in [2.05, 4.69) is 53.4 Å². The summed E-state index contributed by atoms with van der Waals surface area (Å²) in [5.41, 5.74) is 1.95. The van der Waals surface area contributed by atoms with Crippen molar-refractivity contribution in [1.29, 1.82) is 0 Å². The molecule has 3 nitrogen and oxygen atoms in total. The molecule has 0 aromatic heterocycles. The Morgan fingerprint density at radius 2 is 1.39 bits per heavy atom. The largest absolute Gasteiger partial charge is 0.348 e. The molecular weight excluding hydrogens is 448 g/mol. The van der Waals surface area contributed by atoms with E-state index in [1.54, 1.807) is 4.90 Å². The van der Waals surface area contributed by atoms with Gasteiger partial charge in [-0.1, -0.05) is 79.9 Å². The fourth-order valence-corrected chi connectivity index (χ4v) is 6.06. The first-order valence-electron chi connectivity index (χ1n) is 11.7. The van der Waals surface area contributed by atoms with Crippen molar-refractivity contribution in [3.05, 3.63) is 71.8 Å². The Balaban J connectivity index is 0.00000272. The molecule has 31 heavy (non-hydrogen) atoms. The van der Waals surface area contributed by atoms with Crippen LogP contribution in [-0.2, 0) is 10.2 Å². The Bertz CT molecular complexity index is 791. The second-order valence-corrected chi connectivity index (χ2v) is 9.46. The average Bonchev–Trinajstić information content (AvgIpc) is 3.17. The third-order valence-electron chi connectivity index (χ3n) is 7.59. The van der Waals surface area contributed by atoms with E-state index in [0.29, 0.717) is 5.54 Å². The van der Waals surface area contributed by atoms with Crippen LogP contribution in [0.2, 0.25) is 0 Å². The molecule has 1 saturated carbocycles. The van der Waals surface area contributed by atoms with Crippen molar-refractivity contribution in [3.63, 3.8) is 0 Å². The molecule has 1 spiro atoms. The van der Waals surface area contributed by atoms with E-state index in [9.17, 15) is 4.79 Å². The summed E-state index contributed by atoms with van der Waals surface area (Å²) in [5, 5.41) is 0. The number of hydrogen-bond donors (Lipinski definition) is 0. The van der Waals surface area contributed by atoms with E-state index >= 15 is 0 Å². The van der Waals surface area contributed by atoms with E-state index in [0.717, 1.165) is 24.1 Å². The zero-order chi connectivity index (χ0) is 21.0. The maximum Gasteiger partial charge on any atom is 0.237 e. The van der Waals surface area contributed by atoms with Gasteiger partial charge in [0.25, 0.3) is 0 Å². The molecule has 2 fully saturated rings. The van der Waals surface area contributed by atoms with E-state index in [1.165, 1.54) is 51.5 Å². The number of rotatable bonds is 6. The van der Waals surface area contributed by atoms with Crippen LogP contribution < -0.4 is 0 Å². The molecule has 4 heteroatoms. The predicted molar refractivity (Wildman–Crippen MR) is 134 cm³/mol. The quantitative estimate of drug-likeness (QED) is 0.514. The number of benzene rings is 2. The van der Waals surface area contributed by atoms with E-state index < -0.39 is 5.41 Å². The predicted octanol–water partition coefficient (Wildman–Crippen LogP) is 5.83. The van der Waals surface area contributed by atoms with Crippen molar-refractivity contribution in [2.75, 3.05) is 27.2 Å². The molecule has 1 aliphatic heterocycles. The Kier molecular flexibility index (Phi) is 7.98. The molecule has 1 saturated heterocycles. The molecule has 0 bridgehead atoms. The lowest BCUT2D eigenvalue weighted by Crippen LogP contribution is -2.50. The van der Waals surface area contributed by atoms with Crippen LogP contribution >= 0.6 is 17.0 Å². The van der Waals surface area contributed by atoms with Crippen molar-refractivity contribution < 1.29 is 4.79 Å². The summed E-state index contributed by atoms with van der Waals surface area (Å²) in [6, 6.07) is 20.9. The van der Waals surface area contributed by atoms with Gasteiger partial charge >= 0.3 is 0 Å². The normalized spacial score (nSPS) is 18.5. The fourth-order valence-electron chi connectivity index (χ4n) is 6.06. The summed E-state index contributed by atoms with van der Waals surface area (Å²) in [6.45, 7) is 2.15. The molecule has 168 valence electrons. The number of hydrogen-bond acceptors (Lipinski definition) is 2. The average molecular weight is 486 g/mol. The Labute approximate surface area is 198 Å². The molecule has 2 aromatic carbocycles. The lowest BCUT2D eigenvalue weighted by molar-refractivity contribution is -0.133. The van der Waals surface area contributed by atoms with Gasteiger partial charge in [0, 0.05) is 26.2 Å². The van der Waals surface area contributed by atoms with Gasteiger partial charge in [-0.25, -0.2) is 0 Å². The van der Waals surface area contributed by atoms with Crippen molar-refractivity contribution in [3.8, 4) is 0 Å². The zero-order valence-electron chi connectivity index (χ0n) is 19.1. The topological polar surface area (TPSA) is 23.6 Å². The van der Waals surface area contributed by atoms with Crippen molar-refractivity contribution >= 4 is 22.9 Å². The lowest BCUT2D eigenvalue weighted by Gasteiger charge is -2.44. The summed E-state index contributed by atoms with van der Waals surface area (Å²) >= 11 is 0. The Morgan fingerprint density at radius 3 is 1.90 bits per heavy atom. The zero-order valence-corrected chi connectivity index (χ0v) is 20.8. The van der Waals surface area contributed by atoms with Gasteiger partial charge in [-0.15, -0.1) is 17.0 Å². The number of carbonyl (C=O) groups is 1. The standard InChI is InChI=1S/C27H36N2O.BrH/c1-28(2)25(30)27(23-13-6-3-7-14-23,24-15-8-4-9-16-24)20-22-29-21-12-19-26(29)17-10-5-11-18-26;/h3-4,6-9,13-16H,5,10-12,17-22H2,1-2H3;1H. The lowest BCUT2D eigenvalue weighted by atomic mass is 9.70. The minimum Gasteiger partial charge on any atom is -0.348 e. The van der Waals surface area contributed by atoms with Gasteiger partial charge in [0.15, 0.2) is 0 Å². The molecule has 0 N–H and O–H groups in total. The first-order valence-corrected chi connectivity index (χ1v) is 11.7. The fraction of sp³-hybridized carbons (Fsp3) is 0.519. The van der Waals surface area contributed by atoms with Crippen molar-refractivity contribution in [2.24, 2.45) is 0 Å². The van der Waals surface area contributed by atoms with Crippen LogP contribution in [0.3, 0.4) is 0 Å². The molecule has 4 rings (SSSR count). The highest BCUT2D eigenvalue weighted by Crippen LogP contribution is 2.44. The van der Waals surface area contributed by atoms with Crippen LogP contribution in [0.25, 0.3) is 0 Å². The maximum atomic E-state index is 13.8. The molecule has 0 radical (unpaired) electrons. The molecule has 1 aliphatic carbocycles. The smallest absolute Gasteiger partial charge is 0.237 e. The number of halogens is 1. The van der Waals surface area contributed by atoms with E-state index in [1.807, 2.05) is 26.2 Å². The number of nitrogens with zero attached hydrogens (tertiary/aromatic N) is 2. The number of carbonyl (C=O) groups excluding carboxylic acids is 1. The molecule has 1 heterocycles. The van der Waals surface area contributed by atoms with E-state index in [4.69, 9.17) is 0 Å². The molecular formula is C27H37BrN2O. The highest BCUT2D eigenvalue weighted by Gasteiger charge is 2.46. The van der Waals surface area contributed by atoms with Gasteiger partial charge in [-0.3, -0.25) is 9.69 Å². The second-order valence-electron chi connectivity index (χ2n) is 9.46. The van der Waals surface area contributed by atoms with Gasteiger partial charge in [0.2, 0.25) is 5.91 Å². The van der Waals surface area contributed by atoms with Gasteiger partial charge in [-0.05, 0) is 49.8 Å². The summed E-state index contributed by atoms with van der Waals surface area (Å²) in [4.78, 5) is 18.4. The number of amides is 1. The van der Waals surface area contributed by atoms with Crippen LogP contribution in [0, 0.1) is 0 Å². The van der Waals surface area contributed by atoms with Crippen LogP contribution in [0.4, 0.5) is 0 Å². The van der Waals surface area contributed by atoms with Gasteiger partial charge in [0.05, 0.1) is 0 Å². The number of likely N-dealkylation sites (N-methyl/N-ethyl adjacent to an activating group) is 1. The molecule has 1 amide bonds. The van der Waals surface area contributed by atoms with Gasteiger partial charge in [-0.2, -0.15) is 0 Å². The third-order valence-corrected chi connectivity index (χ3v) is 7.59. The van der Waals surface area contributed by atoms with Gasteiger partial charge in [0.1, 0.15) is 5.41 Å². The molecule has 2 aromatic rings. The summed E-state index contributed by atoms with van der Waals surface area (Å²) < 4.78 is 0. The Morgan fingerprint density at radius 1 is 0.871 bits per heavy atom. The summed E-state index contributed by atoms with van der Waals surface area (Å²) in [7, 11) is 3.78. The molecule has 0 unspecified atom stereocenters. The molecule has 2 aliphatic rings. The van der Waals surface area contributed by atoms with Crippen LogP contribution in [-0.4, -0.2) is 48.4 Å².